The molecule has 0 fully saturated rings. The zero-order chi connectivity index (χ0) is 20.8. The number of hydrogen-bond acceptors (Lipinski definition) is 2. The van der Waals surface area contributed by atoms with Crippen LogP contribution in [0.4, 0.5) is 11.4 Å². The summed E-state index contributed by atoms with van der Waals surface area (Å²) in [6.45, 7) is 4.19. The highest BCUT2D eigenvalue weighted by molar-refractivity contribution is 5.70. The first-order valence-electron chi connectivity index (χ1n) is 10.2. The van der Waals surface area contributed by atoms with Crippen molar-refractivity contribution < 1.29 is 0 Å². The second-order valence-corrected chi connectivity index (χ2v) is 7.39. The van der Waals surface area contributed by atoms with Crippen LogP contribution in [0.1, 0.15) is 13.8 Å². The van der Waals surface area contributed by atoms with Gasteiger partial charge in [0.1, 0.15) is 0 Å². The molecule has 0 spiro atoms. The fraction of sp³-hybridized carbons (Fsp3) is 0.0714. The molecule has 4 aromatic rings. The molecule has 2 nitrogen and oxygen atoms in total. The van der Waals surface area contributed by atoms with Gasteiger partial charge in [0.25, 0.3) is 0 Å². The molecule has 0 amide bonds. The molecule has 0 heterocycles. The first-order chi connectivity index (χ1) is 14.7. The van der Waals surface area contributed by atoms with E-state index in [1.807, 2.05) is 12.1 Å². The molecule has 4 aromatic carbocycles. The maximum Gasteiger partial charge on any atom is 0.0388 e. The van der Waals surface area contributed by atoms with E-state index in [0.29, 0.717) is 0 Å². The van der Waals surface area contributed by atoms with Gasteiger partial charge in [0, 0.05) is 22.8 Å². The number of hydrogen-bond donors (Lipinski definition) is 2. The Bertz CT molecular complexity index is 1050. The van der Waals surface area contributed by atoms with Crippen LogP contribution in [0, 0.1) is 0 Å². The zero-order valence-electron chi connectivity index (χ0n) is 17.4. The minimum absolute atomic E-state index is 1.08. The number of anilines is 2. The molecular formula is C28H26N2. The summed E-state index contributed by atoms with van der Waals surface area (Å²) >= 11 is 0. The van der Waals surface area contributed by atoms with E-state index in [1.165, 1.54) is 22.3 Å². The van der Waals surface area contributed by atoms with Crippen molar-refractivity contribution in [2.45, 2.75) is 13.8 Å². The van der Waals surface area contributed by atoms with E-state index in [-0.39, 0.29) is 0 Å². The van der Waals surface area contributed by atoms with Crippen molar-refractivity contribution in [2.24, 2.45) is 0 Å². The van der Waals surface area contributed by atoms with Gasteiger partial charge in [0.05, 0.1) is 0 Å². The number of allylic oxidation sites excluding steroid dienone is 2. The van der Waals surface area contributed by atoms with E-state index >= 15 is 0 Å². The van der Waals surface area contributed by atoms with Crippen LogP contribution in [0.2, 0.25) is 0 Å². The average molecular weight is 391 g/mol. The minimum Gasteiger partial charge on any atom is -0.358 e. The van der Waals surface area contributed by atoms with Gasteiger partial charge in [-0.25, -0.2) is 0 Å². The lowest BCUT2D eigenvalue weighted by Crippen LogP contribution is -2.05. The second kappa shape index (κ2) is 9.15. The average Bonchev–Trinajstić information content (AvgIpc) is 2.80. The smallest absolute Gasteiger partial charge is 0.0388 e. The minimum atomic E-state index is 1.08. The van der Waals surface area contributed by atoms with Gasteiger partial charge in [-0.3, -0.25) is 0 Å². The van der Waals surface area contributed by atoms with Crippen LogP contribution < -0.4 is 10.6 Å². The third-order valence-corrected chi connectivity index (χ3v) is 5.17. The van der Waals surface area contributed by atoms with Crippen LogP contribution in [0.3, 0.4) is 0 Å². The Kier molecular flexibility index (Phi) is 5.95. The summed E-state index contributed by atoms with van der Waals surface area (Å²) in [5.74, 6) is 0. The van der Waals surface area contributed by atoms with Gasteiger partial charge in [-0.1, -0.05) is 84.9 Å². The molecule has 0 saturated heterocycles. The summed E-state index contributed by atoms with van der Waals surface area (Å²) in [4.78, 5) is 0. The van der Waals surface area contributed by atoms with Crippen LogP contribution in [-0.2, 0) is 0 Å². The van der Waals surface area contributed by atoms with Gasteiger partial charge >= 0.3 is 0 Å². The number of benzene rings is 4. The van der Waals surface area contributed by atoms with Crippen molar-refractivity contribution in [3.63, 3.8) is 0 Å². The fourth-order valence-electron chi connectivity index (χ4n) is 3.43. The SMILES string of the molecule is C/C(Nc1cccc(-c2ccccc2)c1)=C(\C)Nc1cccc(-c2ccccc2)c1. The molecule has 0 aliphatic heterocycles. The van der Waals surface area contributed by atoms with E-state index in [1.54, 1.807) is 0 Å². The van der Waals surface area contributed by atoms with Gasteiger partial charge < -0.3 is 10.6 Å². The van der Waals surface area contributed by atoms with Gasteiger partial charge in [0.2, 0.25) is 0 Å². The number of rotatable bonds is 6. The van der Waals surface area contributed by atoms with Gasteiger partial charge in [-0.2, -0.15) is 0 Å². The van der Waals surface area contributed by atoms with E-state index in [0.717, 1.165) is 22.8 Å². The molecule has 148 valence electrons. The second-order valence-electron chi connectivity index (χ2n) is 7.39. The highest BCUT2D eigenvalue weighted by Gasteiger charge is 2.03. The van der Waals surface area contributed by atoms with Crippen LogP contribution in [0.25, 0.3) is 22.3 Å². The molecule has 2 heteroatoms. The Labute approximate surface area is 178 Å². The fourth-order valence-corrected chi connectivity index (χ4v) is 3.43. The van der Waals surface area contributed by atoms with Gasteiger partial charge in [-0.15, -0.1) is 0 Å². The van der Waals surface area contributed by atoms with Crippen molar-refractivity contribution in [1.82, 2.24) is 0 Å². The normalized spacial score (nSPS) is 11.5. The molecule has 30 heavy (non-hydrogen) atoms. The highest BCUT2D eigenvalue weighted by Crippen LogP contribution is 2.25. The van der Waals surface area contributed by atoms with E-state index in [9.17, 15) is 0 Å². The quantitative estimate of drug-likeness (QED) is 0.351. The third-order valence-electron chi connectivity index (χ3n) is 5.17. The van der Waals surface area contributed by atoms with E-state index in [2.05, 4.69) is 122 Å². The maximum atomic E-state index is 3.54. The molecule has 4 rings (SSSR count). The molecule has 0 saturated carbocycles. The molecule has 0 aliphatic rings. The first-order valence-corrected chi connectivity index (χ1v) is 10.2. The number of nitrogens with one attached hydrogen (secondary N) is 2. The van der Waals surface area contributed by atoms with Gasteiger partial charge in [-0.05, 0) is 60.4 Å². The van der Waals surface area contributed by atoms with Crippen molar-refractivity contribution in [3.8, 4) is 22.3 Å². The molecule has 0 aromatic heterocycles. The van der Waals surface area contributed by atoms with Crippen LogP contribution in [0.15, 0.2) is 121 Å². The molecule has 0 aliphatic carbocycles. The summed E-state index contributed by atoms with van der Waals surface area (Å²) < 4.78 is 0. The Morgan fingerprint density at radius 2 is 0.800 bits per heavy atom. The van der Waals surface area contributed by atoms with Crippen LogP contribution >= 0.6 is 0 Å². The zero-order valence-corrected chi connectivity index (χ0v) is 17.4. The largest absolute Gasteiger partial charge is 0.358 e. The van der Waals surface area contributed by atoms with Crippen molar-refractivity contribution in [3.05, 3.63) is 121 Å². The van der Waals surface area contributed by atoms with E-state index in [4.69, 9.17) is 0 Å². The Morgan fingerprint density at radius 1 is 0.433 bits per heavy atom. The monoisotopic (exact) mass is 390 g/mol. The Morgan fingerprint density at radius 3 is 1.20 bits per heavy atom. The summed E-state index contributed by atoms with van der Waals surface area (Å²) in [5.41, 5.74) is 9.17. The third kappa shape index (κ3) is 4.79. The molecule has 0 bridgehead atoms. The first kappa shape index (κ1) is 19.5. The lowest BCUT2D eigenvalue weighted by Gasteiger charge is -2.15. The summed E-state index contributed by atoms with van der Waals surface area (Å²) in [6.07, 6.45) is 0. The standard InChI is InChI=1S/C28H26N2/c1-21(29-27-17-9-15-25(19-27)23-11-5-3-6-12-23)22(2)30-28-18-10-16-26(20-28)24-13-7-4-8-14-24/h3-20,29-30H,1-2H3/b22-21-. The topological polar surface area (TPSA) is 24.1 Å². The van der Waals surface area contributed by atoms with Crippen LogP contribution in [-0.4, -0.2) is 0 Å². The summed E-state index contributed by atoms with van der Waals surface area (Å²) in [6, 6.07) is 37.9. The summed E-state index contributed by atoms with van der Waals surface area (Å²) in [7, 11) is 0. The molecular weight excluding hydrogens is 364 g/mol. The lowest BCUT2D eigenvalue weighted by molar-refractivity contribution is 1.23. The Balaban J connectivity index is 1.51. The van der Waals surface area contributed by atoms with Crippen molar-refractivity contribution >= 4 is 11.4 Å². The van der Waals surface area contributed by atoms with Crippen molar-refractivity contribution in [1.29, 1.82) is 0 Å². The molecule has 0 unspecified atom stereocenters. The van der Waals surface area contributed by atoms with Gasteiger partial charge in [0.15, 0.2) is 0 Å². The lowest BCUT2D eigenvalue weighted by atomic mass is 10.1. The summed E-state index contributed by atoms with van der Waals surface area (Å²) in [5, 5.41) is 7.07. The predicted molar refractivity (Wildman–Crippen MR) is 129 cm³/mol. The Hall–Kier alpha value is -3.78. The molecule has 0 radical (unpaired) electrons. The molecule has 2 N–H and O–H groups in total. The highest BCUT2D eigenvalue weighted by atomic mass is 15.0. The molecule has 0 atom stereocenters. The predicted octanol–water partition coefficient (Wildman–Crippen LogP) is 7.80. The van der Waals surface area contributed by atoms with Crippen molar-refractivity contribution in [2.75, 3.05) is 10.6 Å². The maximum absolute atomic E-state index is 3.54. The van der Waals surface area contributed by atoms with Crippen LogP contribution in [0.5, 0.6) is 0 Å². The van der Waals surface area contributed by atoms with E-state index < -0.39 is 0 Å².